The van der Waals surface area contributed by atoms with Gasteiger partial charge in [-0.1, -0.05) is 0 Å². The molecule has 1 fully saturated rings. The van der Waals surface area contributed by atoms with Crippen LogP contribution >= 0.6 is 11.3 Å². The number of nitrogens with one attached hydrogen (secondary N) is 1. The molecule has 2 N–H and O–H groups in total. The molecule has 1 saturated heterocycles. The monoisotopic (exact) mass is 354 g/mol. The van der Waals surface area contributed by atoms with Crippen molar-refractivity contribution >= 4 is 27.4 Å². The maximum Gasteiger partial charge on any atom is 0.265 e. The van der Waals surface area contributed by atoms with Crippen LogP contribution in [-0.2, 0) is 12.8 Å². The second kappa shape index (κ2) is 5.37. The van der Waals surface area contributed by atoms with Gasteiger partial charge in [-0.25, -0.2) is 9.97 Å². The Bertz CT molecular complexity index is 1040. The van der Waals surface area contributed by atoms with Crippen LogP contribution in [0.4, 0.5) is 5.95 Å². The number of aromatic nitrogens is 3. The molecule has 0 amide bonds. The Morgan fingerprint density at radius 3 is 3.00 bits per heavy atom. The van der Waals surface area contributed by atoms with E-state index in [2.05, 4.69) is 4.98 Å². The van der Waals surface area contributed by atoms with E-state index in [1.165, 1.54) is 16.9 Å². The van der Waals surface area contributed by atoms with Crippen molar-refractivity contribution in [1.82, 2.24) is 15.0 Å². The lowest BCUT2D eigenvalue weighted by molar-refractivity contribution is 0.0979. The van der Waals surface area contributed by atoms with Crippen LogP contribution in [0.1, 0.15) is 24.6 Å². The highest BCUT2D eigenvalue weighted by Gasteiger charge is 2.36. The van der Waals surface area contributed by atoms with Crippen LogP contribution in [0, 0.1) is 0 Å². The molecule has 0 saturated carbocycles. The van der Waals surface area contributed by atoms with Crippen LogP contribution in [0.2, 0.25) is 0 Å². The number of hydrogen-bond donors (Lipinski definition) is 2. The standard InChI is InChI=1S/C18H18N4O2S/c1-9-13(23)8-22(9)18-20-12-4-2-3-11(12)15(21-18)14-7-10-5-6-19-17(24)16(10)25-14/h5-7,9,13,23H,2-4,8H2,1H3,(H,19,24)/t9-,13+/m0/s1. The Balaban J connectivity index is 1.68. The van der Waals surface area contributed by atoms with E-state index in [9.17, 15) is 9.90 Å². The molecule has 5 rings (SSSR count). The molecule has 0 unspecified atom stereocenters. The van der Waals surface area contributed by atoms with E-state index in [1.54, 1.807) is 6.20 Å². The minimum atomic E-state index is -0.316. The molecule has 25 heavy (non-hydrogen) atoms. The van der Waals surface area contributed by atoms with Gasteiger partial charge < -0.3 is 15.0 Å². The zero-order valence-corrected chi connectivity index (χ0v) is 14.6. The second-order valence-corrected chi connectivity index (χ2v) is 7.87. The SMILES string of the molecule is C[C@H]1[C@H](O)CN1c1nc2c(c(-c3cc4cc[nH]c(=O)c4s3)n1)CCC2. The summed E-state index contributed by atoms with van der Waals surface area (Å²) >= 11 is 1.49. The number of aliphatic hydroxyl groups is 1. The summed E-state index contributed by atoms with van der Waals surface area (Å²) in [5.41, 5.74) is 3.21. The van der Waals surface area contributed by atoms with Gasteiger partial charge in [0.2, 0.25) is 5.95 Å². The number of aromatic amines is 1. The molecule has 6 nitrogen and oxygen atoms in total. The molecule has 0 bridgehead atoms. The van der Waals surface area contributed by atoms with Crippen molar-refractivity contribution in [3.05, 3.63) is 39.9 Å². The fourth-order valence-corrected chi connectivity index (χ4v) is 4.77. The van der Waals surface area contributed by atoms with Gasteiger partial charge >= 0.3 is 0 Å². The highest BCUT2D eigenvalue weighted by Crippen LogP contribution is 2.38. The first-order valence-electron chi connectivity index (χ1n) is 8.58. The van der Waals surface area contributed by atoms with Gasteiger partial charge in [-0.3, -0.25) is 4.79 Å². The van der Waals surface area contributed by atoms with Crippen molar-refractivity contribution in [2.24, 2.45) is 0 Å². The molecule has 1 aliphatic carbocycles. The summed E-state index contributed by atoms with van der Waals surface area (Å²) in [6.07, 6.45) is 4.40. The molecule has 0 aromatic carbocycles. The molecule has 0 radical (unpaired) electrons. The number of aryl methyl sites for hydroxylation is 1. The average Bonchev–Trinajstić information content (AvgIpc) is 3.25. The lowest BCUT2D eigenvalue weighted by atomic mass is 10.0. The molecule has 128 valence electrons. The molecular formula is C18H18N4O2S. The Hall–Kier alpha value is -2.25. The number of anilines is 1. The van der Waals surface area contributed by atoms with Crippen molar-refractivity contribution in [2.75, 3.05) is 11.4 Å². The van der Waals surface area contributed by atoms with Crippen LogP contribution in [0.3, 0.4) is 0 Å². The summed E-state index contributed by atoms with van der Waals surface area (Å²) in [5.74, 6) is 0.694. The van der Waals surface area contributed by atoms with Crippen LogP contribution < -0.4 is 10.5 Å². The number of nitrogens with zero attached hydrogens (tertiary/aromatic N) is 3. The third-order valence-electron chi connectivity index (χ3n) is 5.29. The highest BCUT2D eigenvalue weighted by molar-refractivity contribution is 7.22. The number of thiophene rings is 1. The van der Waals surface area contributed by atoms with Crippen LogP contribution in [0.25, 0.3) is 20.7 Å². The van der Waals surface area contributed by atoms with E-state index < -0.39 is 0 Å². The van der Waals surface area contributed by atoms with Crippen molar-refractivity contribution in [1.29, 1.82) is 0 Å². The normalized spacial score (nSPS) is 22.2. The quantitative estimate of drug-likeness (QED) is 0.736. The fourth-order valence-electron chi connectivity index (χ4n) is 3.70. The number of hydrogen-bond acceptors (Lipinski definition) is 6. The summed E-state index contributed by atoms with van der Waals surface area (Å²) in [6, 6.07) is 4.01. The van der Waals surface area contributed by atoms with E-state index in [0.717, 1.165) is 45.6 Å². The van der Waals surface area contributed by atoms with Crippen LogP contribution in [-0.4, -0.2) is 38.7 Å². The van der Waals surface area contributed by atoms with Gasteiger partial charge in [-0.05, 0) is 38.3 Å². The molecule has 1 aliphatic heterocycles. The molecular weight excluding hydrogens is 336 g/mol. The maximum atomic E-state index is 12.1. The summed E-state index contributed by atoms with van der Waals surface area (Å²) in [6.45, 7) is 2.56. The topological polar surface area (TPSA) is 82.1 Å². The number of fused-ring (bicyclic) bond motifs is 2. The first kappa shape index (κ1) is 15.0. The third kappa shape index (κ3) is 2.22. The number of aliphatic hydroxyl groups excluding tert-OH is 1. The number of pyridine rings is 1. The van der Waals surface area contributed by atoms with Gasteiger partial charge in [-0.2, -0.15) is 0 Å². The fraction of sp³-hybridized carbons (Fsp3) is 0.389. The number of rotatable bonds is 2. The van der Waals surface area contributed by atoms with E-state index >= 15 is 0 Å². The first-order valence-corrected chi connectivity index (χ1v) is 9.39. The van der Waals surface area contributed by atoms with Gasteiger partial charge in [0, 0.05) is 29.4 Å². The molecule has 0 spiro atoms. The lowest BCUT2D eigenvalue weighted by Gasteiger charge is -2.43. The number of H-pyrrole nitrogens is 1. The molecule has 3 aromatic heterocycles. The summed E-state index contributed by atoms with van der Waals surface area (Å²) in [4.78, 5) is 27.5. The van der Waals surface area contributed by atoms with Gasteiger partial charge in [0.15, 0.2) is 0 Å². The largest absolute Gasteiger partial charge is 0.389 e. The smallest absolute Gasteiger partial charge is 0.265 e. The van der Waals surface area contributed by atoms with Crippen molar-refractivity contribution in [3.63, 3.8) is 0 Å². The van der Waals surface area contributed by atoms with E-state index in [4.69, 9.17) is 9.97 Å². The Labute approximate surface area is 148 Å². The zero-order valence-electron chi connectivity index (χ0n) is 13.8. The van der Waals surface area contributed by atoms with Crippen molar-refractivity contribution in [2.45, 2.75) is 38.3 Å². The van der Waals surface area contributed by atoms with Gasteiger partial charge in [0.05, 0.1) is 22.7 Å². The summed E-state index contributed by atoms with van der Waals surface area (Å²) in [5, 5.41) is 10.8. The Kier molecular flexibility index (Phi) is 3.23. The maximum absolute atomic E-state index is 12.1. The number of β-amino-alcohol motifs (C(OH)–C–C–N with tert-alkyl or cyclic N) is 1. The predicted molar refractivity (Wildman–Crippen MR) is 98.3 cm³/mol. The van der Waals surface area contributed by atoms with Crippen molar-refractivity contribution < 1.29 is 5.11 Å². The first-order chi connectivity index (χ1) is 12.1. The minimum absolute atomic E-state index is 0.0394. The van der Waals surface area contributed by atoms with E-state index in [-0.39, 0.29) is 17.7 Å². The van der Waals surface area contributed by atoms with Crippen LogP contribution in [0.15, 0.2) is 23.1 Å². The summed E-state index contributed by atoms with van der Waals surface area (Å²) in [7, 11) is 0. The molecule has 3 aromatic rings. The molecule has 2 atom stereocenters. The average molecular weight is 354 g/mol. The van der Waals surface area contributed by atoms with Crippen LogP contribution in [0.5, 0.6) is 0 Å². The Morgan fingerprint density at radius 1 is 1.36 bits per heavy atom. The second-order valence-electron chi connectivity index (χ2n) is 6.81. The minimum Gasteiger partial charge on any atom is -0.389 e. The Morgan fingerprint density at radius 2 is 2.24 bits per heavy atom. The van der Waals surface area contributed by atoms with E-state index in [0.29, 0.717) is 12.5 Å². The van der Waals surface area contributed by atoms with Gasteiger partial charge in [-0.15, -0.1) is 11.3 Å². The predicted octanol–water partition coefficient (Wildman–Crippen LogP) is 2.10. The lowest BCUT2D eigenvalue weighted by Crippen LogP contribution is -2.59. The van der Waals surface area contributed by atoms with Gasteiger partial charge in [0.25, 0.3) is 5.56 Å². The van der Waals surface area contributed by atoms with Gasteiger partial charge in [0.1, 0.15) is 4.70 Å². The molecule has 4 heterocycles. The zero-order chi connectivity index (χ0) is 17.1. The van der Waals surface area contributed by atoms with Crippen molar-refractivity contribution in [3.8, 4) is 10.6 Å². The summed E-state index contributed by atoms with van der Waals surface area (Å²) < 4.78 is 0.733. The molecule has 7 heteroatoms. The highest BCUT2D eigenvalue weighted by atomic mass is 32.1. The van der Waals surface area contributed by atoms with E-state index in [1.807, 2.05) is 24.0 Å². The third-order valence-corrected chi connectivity index (χ3v) is 6.44. The molecule has 2 aliphatic rings.